The minimum atomic E-state index is -1.54. The number of benzene rings is 4. The van der Waals surface area contributed by atoms with E-state index in [0.29, 0.717) is 58.5 Å². The third-order valence-electron chi connectivity index (χ3n) is 9.71. The molecular formula is C46H58Cl2N6O6. The molecule has 60 heavy (non-hydrogen) atoms. The molecule has 4 amide bonds. The van der Waals surface area contributed by atoms with Gasteiger partial charge in [0.15, 0.2) is 0 Å². The van der Waals surface area contributed by atoms with Crippen LogP contribution in [0.3, 0.4) is 0 Å². The number of rotatable bonds is 12. The van der Waals surface area contributed by atoms with Gasteiger partial charge in [-0.05, 0) is 136 Å². The lowest BCUT2D eigenvalue weighted by Gasteiger charge is -2.32. The summed E-state index contributed by atoms with van der Waals surface area (Å²) in [4.78, 5) is 71.7. The van der Waals surface area contributed by atoms with Crippen LogP contribution in [-0.2, 0) is 30.1 Å². The van der Waals surface area contributed by atoms with Crippen LogP contribution in [0.1, 0.15) is 88.7 Å². The Morgan fingerprint density at radius 3 is 1.08 bits per heavy atom. The first-order chi connectivity index (χ1) is 28.1. The molecule has 0 saturated heterocycles. The second kappa shape index (κ2) is 20.9. The number of hydrogen-bond acceptors (Lipinski definition) is 8. The van der Waals surface area contributed by atoms with E-state index in [1.54, 1.807) is 72.8 Å². The maximum absolute atomic E-state index is 14.2. The van der Waals surface area contributed by atoms with Crippen LogP contribution in [0, 0.1) is 0 Å². The normalized spacial score (nSPS) is 12.7. The Morgan fingerprint density at radius 1 is 0.517 bits per heavy atom. The van der Waals surface area contributed by atoms with Crippen LogP contribution in [0.15, 0.2) is 97.1 Å². The van der Waals surface area contributed by atoms with Crippen LogP contribution in [0.2, 0.25) is 10.0 Å². The van der Waals surface area contributed by atoms with Crippen LogP contribution < -0.4 is 10.6 Å². The number of amides is 4. The lowest BCUT2D eigenvalue weighted by molar-refractivity contribution is -0.212. The van der Waals surface area contributed by atoms with Gasteiger partial charge in [0, 0.05) is 21.4 Å². The van der Waals surface area contributed by atoms with Gasteiger partial charge in [-0.2, -0.15) is 0 Å². The molecular weight excluding hydrogens is 803 g/mol. The first-order valence-corrected chi connectivity index (χ1v) is 20.5. The SMILES string of the molecule is CN(C)CCC(c1ccc(Cl)cc1)N(OC(=O)C(=O)ON(C(=O)Nc1ccc(C(C)(C)C)cc1)C(CCN(C)C)c1ccc(Cl)cc1)C(=O)Nc1ccc(C(C)(C)C)cc1. The van der Waals surface area contributed by atoms with Crippen LogP contribution in [-0.4, -0.2) is 85.2 Å². The van der Waals surface area contributed by atoms with E-state index in [0.717, 1.165) is 21.3 Å². The molecule has 2 atom stereocenters. The molecule has 14 heteroatoms. The molecule has 2 unspecified atom stereocenters. The summed E-state index contributed by atoms with van der Waals surface area (Å²) in [6.45, 7) is 13.4. The summed E-state index contributed by atoms with van der Waals surface area (Å²) in [5, 5.41) is 8.22. The third-order valence-corrected chi connectivity index (χ3v) is 10.2. The Balaban J connectivity index is 1.72. The van der Waals surface area contributed by atoms with Gasteiger partial charge in [0.1, 0.15) is 0 Å². The summed E-state index contributed by atoms with van der Waals surface area (Å²) < 4.78 is 0. The van der Waals surface area contributed by atoms with E-state index in [-0.39, 0.29) is 10.8 Å². The number of nitrogens with zero attached hydrogens (tertiary/aromatic N) is 4. The Bertz CT molecular complexity index is 1900. The predicted octanol–water partition coefficient (Wildman–Crippen LogP) is 10.3. The van der Waals surface area contributed by atoms with Gasteiger partial charge in [-0.3, -0.25) is 0 Å². The van der Waals surface area contributed by atoms with Crippen LogP contribution >= 0.6 is 23.2 Å². The Hall–Kier alpha value is -5.14. The molecule has 0 fully saturated rings. The molecule has 0 aliphatic rings. The van der Waals surface area contributed by atoms with Crippen molar-refractivity contribution in [2.24, 2.45) is 0 Å². The van der Waals surface area contributed by atoms with E-state index in [2.05, 4.69) is 52.2 Å². The van der Waals surface area contributed by atoms with Gasteiger partial charge in [0.05, 0.1) is 12.1 Å². The smallest absolute Gasteiger partial charge is 0.325 e. The number of halogens is 2. The Labute approximate surface area is 364 Å². The van der Waals surface area contributed by atoms with Gasteiger partial charge in [-0.15, -0.1) is 10.1 Å². The number of carbonyl (C=O) groups excluding carboxylic acids is 4. The van der Waals surface area contributed by atoms with Gasteiger partial charge in [0.25, 0.3) is 0 Å². The fourth-order valence-electron chi connectivity index (χ4n) is 6.18. The lowest BCUT2D eigenvalue weighted by atomic mass is 9.87. The highest BCUT2D eigenvalue weighted by Crippen LogP contribution is 2.31. The third kappa shape index (κ3) is 14.0. The van der Waals surface area contributed by atoms with Crippen molar-refractivity contribution in [3.05, 3.63) is 129 Å². The minimum Gasteiger partial charge on any atom is -0.325 e. The maximum Gasteiger partial charge on any atom is 0.444 e. The number of hydroxylamine groups is 4. The van der Waals surface area contributed by atoms with Crippen molar-refractivity contribution in [3.63, 3.8) is 0 Å². The van der Waals surface area contributed by atoms with E-state index >= 15 is 0 Å². The monoisotopic (exact) mass is 860 g/mol. The highest BCUT2D eigenvalue weighted by Gasteiger charge is 2.37. The molecule has 4 aromatic rings. The number of urea groups is 2. The number of hydrogen-bond donors (Lipinski definition) is 2. The highest BCUT2D eigenvalue weighted by atomic mass is 35.5. The van der Waals surface area contributed by atoms with E-state index in [1.165, 1.54) is 0 Å². The summed E-state index contributed by atoms with van der Waals surface area (Å²) in [6.07, 6.45) is 0.581. The number of carbonyl (C=O) groups is 4. The molecule has 0 bridgehead atoms. The molecule has 0 heterocycles. The Kier molecular flexibility index (Phi) is 16.6. The van der Waals surface area contributed by atoms with E-state index in [1.807, 2.05) is 62.3 Å². The van der Waals surface area contributed by atoms with Crippen LogP contribution in [0.5, 0.6) is 0 Å². The van der Waals surface area contributed by atoms with Gasteiger partial charge in [-0.1, -0.05) is 113 Å². The standard InChI is InChI=1S/C46H58Cl2N6O6/c1-45(2,3)33-15-23-37(24-16-33)49-43(57)53(39(27-29-51(7)8)31-11-19-35(47)20-12-31)59-41(55)42(56)60-54(40(28-30-52(9)10)32-13-21-36(48)22-14-32)44(58)50-38-25-17-34(18-26-38)46(4,5)6/h11-26,39-40H,27-30H2,1-10H3,(H,49,57)(H,50,58). The molecule has 0 aliphatic heterocycles. The average molecular weight is 862 g/mol. The molecule has 4 aromatic carbocycles. The van der Waals surface area contributed by atoms with Crippen molar-refractivity contribution in [3.8, 4) is 0 Å². The first kappa shape index (κ1) is 47.5. The quantitative estimate of drug-likeness (QED) is 0.107. The maximum atomic E-state index is 14.2. The van der Waals surface area contributed by atoms with E-state index < -0.39 is 36.1 Å². The predicted molar refractivity (Wildman–Crippen MR) is 239 cm³/mol. The number of anilines is 2. The van der Waals surface area contributed by atoms with Gasteiger partial charge in [-0.25, -0.2) is 19.2 Å². The van der Waals surface area contributed by atoms with Gasteiger partial charge < -0.3 is 30.1 Å². The Morgan fingerprint density at radius 2 is 0.817 bits per heavy atom. The second-order valence-corrected chi connectivity index (χ2v) is 18.1. The van der Waals surface area contributed by atoms with E-state index in [9.17, 15) is 19.2 Å². The molecule has 0 saturated carbocycles. The lowest BCUT2D eigenvalue weighted by Crippen LogP contribution is -2.45. The van der Waals surface area contributed by atoms with Crippen molar-refractivity contribution >= 4 is 58.6 Å². The van der Waals surface area contributed by atoms with Gasteiger partial charge >= 0.3 is 24.0 Å². The zero-order chi connectivity index (χ0) is 44.4. The summed E-state index contributed by atoms with van der Waals surface area (Å²) >= 11 is 12.5. The molecule has 0 aliphatic carbocycles. The fourth-order valence-corrected chi connectivity index (χ4v) is 6.43. The molecule has 12 nitrogen and oxygen atoms in total. The number of nitrogens with one attached hydrogen (secondary N) is 2. The van der Waals surface area contributed by atoms with Crippen molar-refractivity contribution in [1.29, 1.82) is 0 Å². The zero-order valence-corrected chi connectivity index (χ0v) is 37.7. The van der Waals surface area contributed by atoms with Gasteiger partial charge in [0.2, 0.25) is 0 Å². The largest absolute Gasteiger partial charge is 0.444 e. The first-order valence-electron chi connectivity index (χ1n) is 19.8. The summed E-state index contributed by atoms with van der Waals surface area (Å²) in [6, 6.07) is 24.7. The topological polar surface area (TPSA) is 124 Å². The average Bonchev–Trinajstić information content (AvgIpc) is 3.17. The van der Waals surface area contributed by atoms with Crippen LogP contribution in [0.4, 0.5) is 21.0 Å². The molecule has 0 aromatic heterocycles. The van der Waals surface area contributed by atoms with Crippen molar-refractivity contribution < 1.29 is 28.9 Å². The second-order valence-electron chi connectivity index (χ2n) is 17.2. The van der Waals surface area contributed by atoms with E-state index in [4.69, 9.17) is 32.9 Å². The van der Waals surface area contributed by atoms with Crippen molar-refractivity contribution in [1.82, 2.24) is 19.9 Å². The minimum absolute atomic E-state index is 0.128. The molecule has 322 valence electrons. The molecule has 4 rings (SSSR count). The van der Waals surface area contributed by atoms with Crippen LogP contribution in [0.25, 0.3) is 0 Å². The summed E-state index contributed by atoms with van der Waals surface area (Å²) in [5.74, 6) is -3.07. The van der Waals surface area contributed by atoms with Crippen molar-refractivity contribution in [2.75, 3.05) is 51.9 Å². The summed E-state index contributed by atoms with van der Waals surface area (Å²) in [5.41, 5.74) is 3.89. The van der Waals surface area contributed by atoms with Crippen molar-refractivity contribution in [2.45, 2.75) is 77.3 Å². The molecule has 0 spiro atoms. The fraction of sp³-hybridized carbons (Fsp3) is 0.391. The molecule has 2 N–H and O–H groups in total. The highest BCUT2D eigenvalue weighted by molar-refractivity contribution is 6.31. The summed E-state index contributed by atoms with van der Waals surface area (Å²) in [7, 11) is 7.48. The zero-order valence-electron chi connectivity index (χ0n) is 36.2. The molecule has 0 radical (unpaired) electrons.